The van der Waals surface area contributed by atoms with Gasteiger partial charge in [0.15, 0.2) is 0 Å². The molecular weight excluding hydrogens is 450 g/mol. The van der Waals surface area contributed by atoms with Crippen LogP contribution in [0, 0.1) is 5.82 Å². The van der Waals surface area contributed by atoms with Crippen LogP contribution < -0.4 is 0 Å². The van der Waals surface area contributed by atoms with Gasteiger partial charge in [-0.3, -0.25) is 0 Å². The van der Waals surface area contributed by atoms with Gasteiger partial charge in [-0.2, -0.15) is 0 Å². The third-order valence-corrected chi connectivity index (χ3v) is 4.65. The van der Waals surface area contributed by atoms with E-state index in [-0.39, 0.29) is 5.82 Å². The van der Waals surface area contributed by atoms with Gasteiger partial charge >= 0.3 is 0 Å². The minimum absolute atomic E-state index is 0.323. The van der Waals surface area contributed by atoms with Gasteiger partial charge in [0.1, 0.15) is 5.82 Å². The van der Waals surface area contributed by atoms with Crippen LogP contribution in [0.15, 0.2) is 49.8 Å². The van der Waals surface area contributed by atoms with Gasteiger partial charge in [0.05, 0.1) is 5.38 Å². The van der Waals surface area contributed by atoms with Crippen molar-refractivity contribution < 1.29 is 4.39 Å². The number of benzene rings is 2. The molecule has 0 bridgehead atoms. The molecule has 0 aliphatic rings. The first-order valence-corrected chi connectivity index (χ1v) is 7.84. The van der Waals surface area contributed by atoms with Crippen LogP contribution in [0.5, 0.6) is 0 Å². The third-order valence-electron chi connectivity index (χ3n) is 2.47. The van der Waals surface area contributed by atoms with Crippen LogP contribution in [-0.2, 0) is 0 Å². The van der Waals surface area contributed by atoms with Crippen LogP contribution in [0.3, 0.4) is 0 Å². The molecule has 2 aromatic carbocycles. The monoisotopic (exact) mass is 454 g/mol. The van der Waals surface area contributed by atoms with Gasteiger partial charge in [0.25, 0.3) is 0 Å². The molecule has 0 nitrogen and oxygen atoms in total. The standard InChI is InChI=1S/C13H7Br3ClF/c14-7-2-4-11(16)10(5-7)13(17)9-3-1-8(15)6-12(9)18/h1-6,13H. The van der Waals surface area contributed by atoms with Crippen molar-refractivity contribution >= 4 is 59.4 Å². The molecule has 94 valence electrons. The minimum Gasteiger partial charge on any atom is -0.207 e. The summed E-state index contributed by atoms with van der Waals surface area (Å²) < 4.78 is 16.3. The average Bonchev–Trinajstić information content (AvgIpc) is 2.31. The van der Waals surface area contributed by atoms with Gasteiger partial charge in [-0.25, -0.2) is 4.39 Å². The zero-order valence-corrected chi connectivity index (χ0v) is 14.4. The van der Waals surface area contributed by atoms with Gasteiger partial charge in [-0.1, -0.05) is 53.9 Å². The summed E-state index contributed by atoms with van der Waals surface area (Å²) >= 11 is 16.4. The lowest BCUT2D eigenvalue weighted by molar-refractivity contribution is 0.611. The number of hydrogen-bond donors (Lipinski definition) is 0. The molecule has 2 aromatic rings. The largest absolute Gasteiger partial charge is 0.207 e. The molecule has 2 rings (SSSR count). The average molecular weight is 457 g/mol. The molecule has 1 unspecified atom stereocenters. The van der Waals surface area contributed by atoms with Crippen LogP contribution in [0.2, 0.25) is 0 Å². The van der Waals surface area contributed by atoms with Gasteiger partial charge in [-0.15, -0.1) is 11.6 Å². The fraction of sp³-hybridized carbons (Fsp3) is 0.0769. The quantitative estimate of drug-likeness (QED) is 0.456. The fourth-order valence-corrected chi connectivity index (χ4v) is 3.26. The first-order valence-electron chi connectivity index (χ1n) is 5.03. The van der Waals surface area contributed by atoms with E-state index in [1.165, 1.54) is 6.07 Å². The van der Waals surface area contributed by atoms with Gasteiger partial charge in [0.2, 0.25) is 0 Å². The van der Waals surface area contributed by atoms with E-state index in [1.807, 2.05) is 18.2 Å². The second kappa shape index (κ2) is 6.04. The molecule has 0 radical (unpaired) electrons. The van der Waals surface area contributed by atoms with E-state index >= 15 is 0 Å². The van der Waals surface area contributed by atoms with E-state index in [0.29, 0.717) is 10.0 Å². The summed E-state index contributed by atoms with van der Waals surface area (Å²) in [6.45, 7) is 0. The number of hydrogen-bond acceptors (Lipinski definition) is 0. The van der Waals surface area contributed by atoms with Crippen LogP contribution in [-0.4, -0.2) is 0 Å². The Balaban J connectivity index is 2.47. The summed E-state index contributed by atoms with van der Waals surface area (Å²) in [4.78, 5) is 0. The highest BCUT2D eigenvalue weighted by atomic mass is 79.9. The zero-order valence-electron chi connectivity index (χ0n) is 8.93. The topological polar surface area (TPSA) is 0 Å². The maximum atomic E-state index is 13.9. The van der Waals surface area contributed by atoms with Gasteiger partial charge in [0, 0.05) is 19.0 Å². The van der Waals surface area contributed by atoms with E-state index in [0.717, 1.165) is 14.5 Å². The summed E-state index contributed by atoms with van der Waals surface area (Å²) in [5.41, 5.74) is 1.28. The molecule has 1 atom stereocenters. The van der Waals surface area contributed by atoms with Crippen LogP contribution in [0.25, 0.3) is 0 Å². The molecule has 0 aromatic heterocycles. The highest BCUT2D eigenvalue weighted by Crippen LogP contribution is 2.37. The van der Waals surface area contributed by atoms with E-state index in [1.54, 1.807) is 12.1 Å². The molecule has 0 fully saturated rings. The van der Waals surface area contributed by atoms with Crippen molar-refractivity contribution in [3.63, 3.8) is 0 Å². The summed E-state index contributed by atoms with van der Waals surface area (Å²) in [7, 11) is 0. The van der Waals surface area contributed by atoms with Gasteiger partial charge < -0.3 is 0 Å². The van der Waals surface area contributed by atoms with Crippen molar-refractivity contribution in [3.05, 3.63) is 66.8 Å². The third kappa shape index (κ3) is 3.16. The molecule has 0 N–H and O–H groups in total. The summed E-state index contributed by atoms with van der Waals surface area (Å²) in [5.74, 6) is -0.323. The molecule has 0 saturated carbocycles. The molecule has 0 aliphatic carbocycles. The molecule has 5 heteroatoms. The molecule has 0 heterocycles. The van der Waals surface area contributed by atoms with Crippen molar-refractivity contribution in [3.8, 4) is 0 Å². The summed E-state index contributed by atoms with van der Waals surface area (Å²) in [6, 6.07) is 10.5. The lowest BCUT2D eigenvalue weighted by Crippen LogP contribution is -1.98. The molecule has 0 amide bonds. The number of alkyl halides is 1. The minimum atomic E-state index is -0.537. The Morgan fingerprint density at radius 1 is 0.889 bits per heavy atom. The van der Waals surface area contributed by atoms with Crippen molar-refractivity contribution in [1.82, 2.24) is 0 Å². The predicted octanol–water partition coefficient (Wildman–Crippen LogP) is 6.44. The first kappa shape index (κ1) is 14.5. The molecular formula is C13H7Br3ClF. The van der Waals surface area contributed by atoms with E-state index in [9.17, 15) is 4.39 Å². The Labute approximate surface area is 135 Å². The Hall–Kier alpha value is 0.1000. The fourth-order valence-electron chi connectivity index (χ4n) is 1.58. The molecule has 18 heavy (non-hydrogen) atoms. The lowest BCUT2D eigenvalue weighted by atomic mass is 10.0. The van der Waals surface area contributed by atoms with Crippen molar-refractivity contribution in [1.29, 1.82) is 0 Å². The summed E-state index contributed by atoms with van der Waals surface area (Å²) in [6.07, 6.45) is 0. The van der Waals surface area contributed by atoms with Gasteiger partial charge in [-0.05, 0) is 35.9 Å². The SMILES string of the molecule is Fc1cc(Br)ccc1C(Cl)c1cc(Br)ccc1Br. The highest BCUT2D eigenvalue weighted by molar-refractivity contribution is 9.11. The maximum absolute atomic E-state index is 13.9. The van der Waals surface area contributed by atoms with Crippen molar-refractivity contribution in [2.45, 2.75) is 5.38 Å². The van der Waals surface area contributed by atoms with Crippen molar-refractivity contribution in [2.24, 2.45) is 0 Å². The number of rotatable bonds is 2. The molecule has 0 aliphatic heterocycles. The Bertz CT molecular complexity index is 586. The smallest absolute Gasteiger partial charge is 0.129 e. The zero-order chi connectivity index (χ0) is 13.3. The first-order chi connectivity index (χ1) is 8.49. The van der Waals surface area contributed by atoms with E-state index in [4.69, 9.17) is 11.6 Å². The Morgan fingerprint density at radius 3 is 2.17 bits per heavy atom. The molecule has 0 spiro atoms. The van der Waals surface area contributed by atoms with Crippen molar-refractivity contribution in [2.75, 3.05) is 0 Å². The lowest BCUT2D eigenvalue weighted by Gasteiger charge is -2.14. The second-order valence-corrected chi connectivity index (χ2v) is 6.82. The van der Waals surface area contributed by atoms with E-state index in [2.05, 4.69) is 47.8 Å². The van der Waals surface area contributed by atoms with E-state index < -0.39 is 5.38 Å². The number of halogens is 5. The van der Waals surface area contributed by atoms with Crippen LogP contribution >= 0.6 is 59.4 Å². The van der Waals surface area contributed by atoms with Crippen LogP contribution in [0.4, 0.5) is 4.39 Å². The Kier molecular flexibility index (Phi) is 4.86. The second-order valence-electron chi connectivity index (χ2n) is 3.69. The normalized spacial score (nSPS) is 12.5. The van der Waals surface area contributed by atoms with Crippen LogP contribution in [0.1, 0.15) is 16.5 Å². The predicted molar refractivity (Wildman–Crippen MR) is 83.6 cm³/mol. The molecule has 0 saturated heterocycles. The highest BCUT2D eigenvalue weighted by Gasteiger charge is 2.18. The summed E-state index contributed by atoms with van der Waals surface area (Å²) in [5, 5.41) is -0.537. The maximum Gasteiger partial charge on any atom is 0.129 e. The Morgan fingerprint density at radius 2 is 1.50 bits per heavy atom.